The van der Waals surface area contributed by atoms with Gasteiger partial charge in [-0.2, -0.15) is 0 Å². The minimum atomic E-state index is -1.55. The minimum Gasteiger partial charge on any atom is -0.508 e. The number of carbonyl (C=O) groups excluding carboxylic acids is 1. The van der Waals surface area contributed by atoms with Crippen LogP contribution in [0.15, 0.2) is 78.9 Å². The van der Waals surface area contributed by atoms with E-state index in [1.165, 1.54) is 47.7 Å². The fraction of sp³-hybridized carbons (Fsp3) is 0.0345. The monoisotopic (exact) mass is 508 g/mol. The maximum absolute atomic E-state index is 13.1. The largest absolute Gasteiger partial charge is 0.508 e. The van der Waals surface area contributed by atoms with Crippen LogP contribution in [-0.4, -0.2) is 27.3 Å². The van der Waals surface area contributed by atoms with Crippen LogP contribution in [0.4, 0.5) is 0 Å². The number of fused-ring (bicyclic) bond motifs is 7. The second kappa shape index (κ2) is 7.35. The average molecular weight is 509 g/mol. The number of rotatable bonds is 2. The van der Waals surface area contributed by atoms with Crippen LogP contribution in [0.2, 0.25) is 0 Å². The number of carboxylic acids is 1. The van der Waals surface area contributed by atoms with Crippen LogP contribution in [0, 0.1) is 0 Å². The first-order valence-electron chi connectivity index (χ1n) is 11.3. The molecule has 180 valence electrons. The van der Waals surface area contributed by atoms with E-state index in [1.807, 2.05) is 30.3 Å². The Morgan fingerprint density at radius 1 is 0.811 bits per heavy atom. The number of phenolic OH excluding ortho intramolecular Hbond substituents is 2. The zero-order valence-corrected chi connectivity index (χ0v) is 19.7. The van der Waals surface area contributed by atoms with Gasteiger partial charge in [0.05, 0.1) is 11.1 Å². The average Bonchev–Trinajstić information content (AvgIpc) is 3.43. The highest BCUT2D eigenvalue weighted by molar-refractivity contribution is 7.22. The second-order valence-electron chi connectivity index (χ2n) is 8.93. The van der Waals surface area contributed by atoms with Crippen LogP contribution in [0.5, 0.6) is 23.0 Å². The first-order valence-corrected chi connectivity index (χ1v) is 12.2. The van der Waals surface area contributed by atoms with E-state index in [1.54, 1.807) is 12.1 Å². The molecule has 2 aliphatic rings. The van der Waals surface area contributed by atoms with E-state index < -0.39 is 17.5 Å². The van der Waals surface area contributed by atoms with E-state index in [0.29, 0.717) is 22.3 Å². The molecule has 4 aromatic carbocycles. The smallest absolute Gasteiger partial charge is 0.340 e. The fourth-order valence-electron chi connectivity index (χ4n) is 5.19. The van der Waals surface area contributed by atoms with Crippen LogP contribution in [-0.2, 0) is 10.3 Å². The molecular weight excluding hydrogens is 492 g/mol. The lowest BCUT2D eigenvalue weighted by molar-refractivity contribution is 0.0224. The molecule has 0 radical (unpaired) electrons. The summed E-state index contributed by atoms with van der Waals surface area (Å²) in [5.41, 5.74) is 0.409. The lowest BCUT2D eigenvalue weighted by Crippen LogP contribution is -2.33. The van der Waals surface area contributed by atoms with Crippen LogP contribution in [0.3, 0.4) is 0 Å². The number of hydrogen-bond acceptors (Lipinski definition) is 7. The second-order valence-corrected chi connectivity index (χ2v) is 10.0. The van der Waals surface area contributed by atoms with Gasteiger partial charge in [0, 0.05) is 44.0 Å². The predicted octanol–water partition coefficient (Wildman–Crippen LogP) is 6.25. The molecule has 0 bridgehead atoms. The number of hydrogen-bond donors (Lipinski definition) is 3. The van der Waals surface area contributed by atoms with Crippen molar-refractivity contribution < 1.29 is 34.4 Å². The van der Waals surface area contributed by atoms with E-state index in [4.69, 9.17) is 9.47 Å². The van der Waals surface area contributed by atoms with Gasteiger partial charge in [-0.15, -0.1) is 11.3 Å². The zero-order chi connectivity index (χ0) is 25.5. The van der Waals surface area contributed by atoms with Crippen molar-refractivity contribution >= 4 is 33.4 Å². The topological polar surface area (TPSA) is 113 Å². The number of carboxylic acid groups (broad SMARTS) is 1. The van der Waals surface area contributed by atoms with Gasteiger partial charge in [0.2, 0.25) is 0 Å². The van der Waals surface area contributed by atoms with Crippen molar-refractivity contribution in [2.45, 2.75) is 5.60 Å². The first-order chi connectivity index (χ1) is 17.8. The summed E-state index contributed by atoms with van der Waals surface area (Å²) >= 11 is 1.51. The van der Waals surface area contributed by atoms with E-state index in [2.05, 4.69) is 0 Å². The summed E-state index contributed by atoms with van der Waals surface area (Å²) in [7, 11) is 0. The summed E-state index contributed by atoms with van der Waals surface area (Å²) in [6.07, 6.45) is 0. The minimum absolute atomic E-state index is 0.00620. The highest BCUT2D eigenvalue weighted by Gasteiger charge is 2.54. The summed E-state index contributed by atoms with van der Waals surface area (Å²) in [4.78, 5) is 25.8. The Morgan fingerprint density at radius 2 is 1.62 bits per heavy atom. The van der Waals surface area contributed by atoms with Crippen molar-refractivity contribution in [1.29, 1.82) is 0 Å². The molecule has 1 spiro atoms. The van der Waals surface area contributed by atoms with Gasteiger partial charge in [0.1, 0.15) is 23.0 Å². The quantitative estimate of drug-likeness (QED) is 0.242. The molecule has 0 amide bonds. The van der Waals surface area contributed by atoms with Crippen molar-refractivity contribution in [2.75, 3.05) is 0 Å². The Hall–Kier alpha value is -4.82. The van der Waals surface area contributed by atoms with Gasteiger partial charge in [-0.3, -0.25) is 0 Å². The summed E-state index contributed by atoms with van der Waals surface area (Å²) in [6.45, 7) is 0. The maximum atomic E-state index is 13.1. The number of thiophene rings is 1. The van der Waals surface area contributed by atoms with E-state index in [-0.39, 0.29) is 34.1 Å². The van der Waals surface area contributed by atoms with E-state index in [9.17, 15) is 24.9 Å². The summed E-state index contributed by atoms with van der Waals surface area (Å²) in [5, 5.41) is 31.9. The van der Waals surface area contributed by atoms with Crippen LogP contribution in [0.1, 0.15) is 37.4 Å². The fourth-order valence-corrected chi connectivity index (χ4v) is 6.27. The predicted molar refractivity (Wildman–Crippen MR) is 136 cm³/mol. The highest BCUT2D eigenvalue weighted by atomic mass is 32.1. The van der Waals surface area contributed by atoms with Gasteiger partial charge in [-0.05, 0) is 53.9 Å². The van der Waals surface area contributed by atoms with Gasteiger partial charge in [-0.1, -0.05) is 18.2 Å². The van der Waals surface area contributed by atoms with Crippen molar-refractivity contribution in [3.63, 3.8) is 0 Å². The summed E-state index contributed by atoms with van der Waals surface area (Å²) in [5.74, 6) is -1.41. The van der Waals surface area contributed by atoms with E-state index >= 15 is 0 Å². The molecule has 0 saturated heterocycles. The lowest BCUT2D eigenvalue weighted by Gasteiger charge is -2.37. The number of phenols is 2. The van der Waals surface area contributed by atoms with Crippen molar-refractivity contribution in [3.8, 4) is 33.4 Å². The SMILES string of the molecule is O=C(O)c1ccc2c(c1)C1(OC2=O)c2ccc(O)cc2Oc2cc(O)c(-c3cc4ccccc4s3)cc21. The van der Waals surface area contributed by atoms with Gasteiger partial charge < -0.3 is 24.8 Å². The summed E-state index contributed by atoms with van der Waals surface area (Å²) in [6, 6.07) is 21.7. The van der Waals surface area contributed by atoms with Gasteiger partial charge in [0.25, 0.3) is 0 Å². The lowest BCUT2D eigenvalue weighted by atomic mass is 9.76. The molecule has 37 heavy (non-hydrogen) atoms. The molecule has 5 aromatic rings. The number of benzene rings is 4. The number of aromatic hydroxyl groups is 2. The van der Waals surface area contributed by atoms with Crippen LogP contribution >= 0.6 is 11.3 Å². The van der Waals surface area contributed by atoms with Crippen LogP contribution < -0.4 is 4.74 Å². The Labute approximate surface area is 213 Å². The number of esters is 1. The van der Waals surface area contributed by atoms with Gasteiger partial charge in [0.15, 0.2) is 5.60 Å². The molecule has 1 aromatic heterocycles. The Morgan fingerprint density at radius 3 is 2.43 bits per heavy atom. The molecule has 7 nitrogen and oxygen atoms in total. The molecule has 3 N–H and O–H groups in total. The molecule has 1 atom stereocenters. The van der Waals surface area contributed by atoms with Crippen molar-refractivity contribution in [3.05, 3.63) is 107 Å². The Balaban J connectivity index is 1.55. The van der Waals surface area contributed by atoms with Gasteiger partial charge in [-0.25, -0.2) is 9.59 Å². The molecule has 8 heteroatoms. The van der Waals surface area contributed by atoms with Crippen molar-refractivity contribution in [1.82, 2.24) is 0 Å². The van der Waals surface area contributed by atoms with Crippen LogP contribution in [0.25, 0.3) is 20.5 Å². The molecule has 0 fully saturated rings. The van der Waals surface area contributed by atoms with E-state index in [0.717, 1.165) is 15.0 Å². The number of ether oxygens (including phenoxy) is 2. The number of carbonyl (C=O) groups is 2. The molecule has 3 heterocycles. The van der Waals surface area contributed by atoms with Gasteiger partial charge >= 0.3 is 11.9 Å². The molecule has 0 saturated carbocycles. The molecule has 2 aliphatic heterocycles. The maximum Gasteiger partial charge on any atom is 0.340 e. The molecular formula is C29H16O7S. The zero-order valence-electron chi connectivity index (χ0n) is 18.9. The Kier molecular flexibility index (Phi) is 4.26. The number of aromatic carboxylic acids is 1. The third-order valence-electron chi connectivity index (χ3n) is 6.84. The van der Waals surface area contributed by atoms with Crippen molar-refractivity contribution in [2.24, 2.45) is 0 Å². The Bertz CT molecular complexity index is 1790. The molecule has 0 aliphatic carbocycles. The normalized spacial score (nSPS) is 17.1. The molecule has 7 rings (SSSR count). The highest BCUT2D eigenvalue weighted by Crippen LogP contribution is 2.58. The summed E-state index contributed by atoms with van der Waals surface area (Å²) < 4.78 is 13.2. The third kappa shape index (κ3) is 2.93. The first kappa shape index (κ1) is 21.5. The standard InChI is InChI=1S/C29H16O7S/c30-16-6-8-19-23(11-16)35-24-13-22(31)18(26-10-14-3-1-2-4-25(14)37-26)12-21(24)29(19)20-9-15(27(32)33)5-7-17(20)28(34)36-29/h1-13,30-31H,(H,32,33). The molecule has 1 unspecified atom stereocenters. The third-order valence-corrected chi connectivity index (χ3v) is 7.99.